The number of benzene rings is 1. The van der Waals surface area contributed by atoms with E-state index in [2.05, 4.69) is 15.4 Å². The molecule has 1 N–H and O–H groups in total. The van der Waals surface area contributed by atoms with Crippen molar-refractivity contribution in [2.75, 3.05) is 6.54 Å². The Hall–Kier alpha value is -3.07. The quantitative estimate of drug-likeness (QED) is 0.539. The Morgan fingerprint density at radius 1 is 1.40 bits per heavy atom. The molecule has 0 fully saturated rings. The van der Waals surface area contributed by atoms with Gasteiger partial charge in [0.2, 0.25) is 5.13 Å². The fourth-order valence-electron chi connectivity index (χ4n) is 2.36. The van der Waals surface area contributed by atoms with E-state index in [1.165, 1.54) is 23.5 Å². The van der Waals surface area contributed by atoms with Crippen molar-refractivity contribution in [1.82, 2.24) is 20.1 Å². The summed E-state index contributed by atoms with van der Waals surface area (Å²) in [4.78, 5) is 27.2. The topological polar surface area (TPSA) is 103 Å². The van der Waals surface area contributed by atoms with E-state index in [1.807, 2.05) is 17.6 Å². The second-order valence-electron chi connectivity index (χ2n) is 5.28. The Labute approximate surface area is 147 Å². The molecule has 0 unspecified atom stereocenters. The van der Waals surface area contributed by atoms with Crippen LogP contribution in [0.2, 0.25) is 0 Å². The largest absolute Gasteiger partial charge is 0.352 e. The molecule has 0 radical (unpaired) electrons. The van der Waals surface area contributed by atoms with Crippen LogP contribution in [0.3, 0.4) is 0 Å². The van der Waals surface area contributed by atoms with Crippen LogP contribution >= 0.6 is 11.3 Å². The molecular weight excluding hydrogens is 342 g/mol. The predicted molar refractivity (Wildman–Crippen MR) is 93.1 cm³/mol. The number of rotatable bonds is 6. The normalized spacial score (nSPS) is 10.6. The number of carbonyl (C=O) groups excluding carboxylic acids is 1. The van der Waals surface area contributed by atoms with Gasteiger partial charge >= 0.3 is 0 Å². The Kier molecular flexibility index (Phi) is 4.85. The molecule has 9 heteroatoms. The van der Waals surface area contributed by atoms with Crippen LogP contribution in [0.4, 0.5) is 5.69 Å². The monoisotopic (exact) mass is 357 g/mol. The smallest absolute Gasteiger partial charge is 0.273 e. The average Bonchev–Trinajstić information content (AvgIpc) is 3.26. The fourth-order valence-corrected chi connectivity index (χ4v) is 3.16. The maximum absolute atomic E-state index is 12.3. The number of amides is 1. The second kappa shape index (κ2) is 7.22. The number of nitro groups is 1. The van der Waals surface area contributed by atoms with Gasteiger partial charge in [-0.15, -0.1) is 11.3 Å². The van der Waals surface area contributed by atoms with E-state index in [0.717, 1.165) is 10.8 Å². The molecule has 3 rings (SSSR count). The Bertz CT molecular complexity index is 904. The molecular formula is C16H15N5O3S. The van der Waals surface area contributed by atoms with E-state index >= 15 is 0 Å². The highest BCUT2D eigenvalue weighted by Crippen LogP contribution is 2.21. The number of nitrogens with zero attached hydrogens (tertiary/aromatic N) is 4. The first-order valence-electron chi connectivity index (χ1n) is 7.53. The first-order chi connectivity index (χ1) is 12.1. The van der Waals surface area contributed by atoms with Crippen molar-refractivity contribution in [2.45, 2.75) is 13.3 Å². The van der Waals surface area contributed by atoms with Crippen molar-refractivity contribution in [3.63, 3.8) is 0 Å². The number of aromatic nitrogens is 3. The van der Waals surface area contributed by atoms with Crippen molar-refractivity contribution in [2.24, 2.45) is 0 Å². The molecule has 0 aliphatic rings. The Morgan fingerprint density at radius 2 is 2.24 bits per heavy atom. The Morgan fingerprint density at radius 3 is 2.96 bits per heavy atom. The number of nitro benzene ring substituents is 1. The van der Waals surface area contributed by atoms with Crippen molar-refractivity contribution in [1.29, 1.82) is 0 Å². The molecule has 0 saturated carbocycles. The van der Waals surface area contributed by atoms with Gasteiger partial charge in [0.1, 0.15) is 0 Å². The summed E-state index contributed by atoms with van der Waals surface area (Å²) in [5.41, 5.74) is 1.46. The number of hydrogen-bond acceptors (Lipinski definition) is 6. The molecule has 0 spiro atoms. The van der Waals surface area contributed by atoms with Crippen LogP contribution in [0.5, 0.6) is 0 Å². The first kappa shape index (κ1) is 16.8. The van der Waals surface area contributed by atoms with Gasteiger partial charge in [-0.2, -0.15) is 5.10 Å². The molecule has 8 nitrogen and oxygen atoms in total. The molecule has 25 heavy (non-hydrogen) atoms. The van der Waals surface area contributed by atoms with E-state index < -0.39 is 4.92 Å². The molecule has 0 saturated heterocycles. The zero-order valence-corrected chi connectivity index (χ0v) is 14.2. The summed E-state index contributed by atoms with van der Waals surface area (Å²) >= 11 is 1.47. The van der Waals surface area contributed by atoms with Crippen LogP contribution in [0, 0.1) is 17.0 Å². The van der Waals surface area contributed by atoms with E-state index in [0.29, 0.717) is 24.1 Å². The lowest BCUT2D eigenvalue weighted by Gasteiger charge is -2.07. The van der Waals surface area contributed by atoms with Crippen molar-refractivity contribution >= 4 is 22.9 Å². The van der Waals surface area contributed by atoms with Gasteiger partial charge in [-0.3, -0.25) is 14.9 Å². The summed E-state index contributed by atoms with van der Waals surface area (Å²) < 4.78 is 1.68. The van der Waals surface area contributed by atoms with Gasteiger partial charge in [-0.05, 0) is 19.1 Å². The third-order valence-corrected chi connectivity index (χ3v) is 4.53. The fraction of sp³-hybridized carbons (Fsp3) is 0.188. The van der Waals surface area contributed by atoms with Crippen LogP contribution in [-0.4, -0.2) is 32.1 Å². The molecule has 0 aliphatic heterocycles. The zero-order chi connectivity index (χ0) is 17.8. The summed E-state index contributed by atoms with van der Waals surface area (Å²) in [6, 6.07) is 6.30. The van der Waals surface area contributed by atoms with Crippen molar-refractivity contribution in [3.8, 4) is 5.13 Å². The van der Waals surface area contributed by atoms with E-state index in [-0.39, 0.29) is 11.6 Å². The number of thiazole rings is 1. The SMILES string of the molecule is Cc1c(C(=O)NCCc2csc(-n3cccn3)n2)cccc1[N+](=O)[O-]. The molecule has 0 atom stereocenters. The first-order valence-corrected chi connectivity index (χ1v) is 8.41. The summed E-state index contributed by atoms with van der Waals surface area (Å²) in [5, 5.41) is 20.5. The highest BCUT2D eigenvalue weighted by atomic mass is 32.1. The van der Waals surface area contributed by atoms with Crippen LogP contribution in [-0.2, 0) is 6.42 Å². The highest BCUT2D eigenvalue weighted by molar-refractivity contribution is 7.12. The summed E-state index contributed by atoms with van der Waals surface area (Å²) in [6.07, 6.45) is 4.07. The van der Waals surface area contributed by atoms with Crippen LogP contribution in [0.15, 0.2) is 42.0 Å². The van der Waals surface area contributed by atoms with Gasteiger partial charge in [-0.1, -0.05) is 6.07 Å². The minimum Gasteiger partial charge on any atom is -0.352 e. The molecule has 1 amide bonds. The van der Waals surface area contributed by atoms with Gasteiger partial charge in [0, 0.05) is 47.9 Å². The molecule has 2 heterocycles. The number of hydrogen-bond donors (Lipinski definition) is 1. The minimum atomic E-state index is -0.488. The van der Waals surface area contributed by atoms with Crippen molar-refractivity contribution < 1.29 is 9.72 Å². The predicted octanol–water partition coefficient (Wildman–Crippen LogP) is 2.52. The number of nitrogens with one attached hydrogen (secondary N) is 1. The van der Waals surface area contributed by atoms with Gasteiger partial charge < -0.3 is 5.32 Å². The lowest BCUT2D eigenvalue weighted by atomic mass is 10.1. The highest BCUT2D eigenvalue weighted by Gasteiger charge is 2.17. The van der Waals surface area contributed by atoms with Crippen LogP contribution < -0.4 is 5.32 Å². The molecule has 2 aromatic heterocycles. The average molecular weight is 357 g/mol. The molecule has 0 bridgehead atoms. The van der Waals surface area contributed by atoms with Crippen molar-refractivity contribution in [3.05, 3.63) is 69.0 Å². The van der Waals surface area contributed by atoms with Gasteiger partial charge in [0.25, 0.3) is 11.6 Å². The molecule has 0 aliphatic carbocycles. The van der Waals surface area contributed by atoms with Gasteiger partial charge in [-0.25, -0.2) is 9.67 Å². The third-order valence-electron chi connectivity index (χ3n) is 3.65. The molecule has 3 aromatic rings. The second-order valence-corrected chi connectivity index (χ2v) is 6.12. The maximum atomic E-state index is 12.3. The number of carbonyl (C=O) groups is 1. The van der Waals surface area contributed by atoms with E-state index in [4.69, 9.17) is 0 Å². The maximum Gasteiger partial charge on any atom is 0.273 e. The minimum absolute atomic E-state index is 0.0592. The lowest BCUT2D eigenvalue weighted by molar-refractivity contribution is -0.385. The molecule has 1 aromatic carbocycles. The summed E-state index contributed by atoms with van der Waals surface area (Å²) in [6.45, 7) is 1.97. The van der Waals surface area contributed by atoms with Gasteiger partial charge in [0.15, 0.2) is 0 Å². The lowest BCUT2D eigenvalue weighted by Crippen LogP contribution is -2.26. The van der Waals surface area contributed by atoms with E-state index in [1.54, 1.807) is 23.9 Å². The zero-order valence-electron chi connectivity index (χ0n) is 13.4. The molecule has 128 valence electrons. The van der Waals surface area contributed by atoms with Crippen LogP contribution in [0.1, 0.15) is 21.6 Å². The van der Waals surface area contributed by atoms with Gasteiger partial charge in [0.05, 0.1) is 10.6 Å². The summed E-state index contributed by atoms with van der Waals surface area (Å²) in [5.74, 6) is -0.330. The standard InChI is InChI=1S/C16H15N5O3S/c1-11-13(4-2-5-14(11)21(23)24)15(22)17-8-6-12-10-25-16(19-12)20-9-3-7-18-20/h2-5,7,9-10H,6,8H2,1H3,(H,17,22). The third kappa shape index (κ3) is 3.72. The Balaban J connectivity index is 1.60. The van der Waals surface area contributed by atoms with E-state index in [9.17, 15) is 14.9 Å². The van der Waals surface area contributed by atoms with Crippen LogP contribution in [0.25, 0.3) is 5.13 Å². The summed E-state index contributed by atoms with van der Waals surface area (Å²) in [7, 11) is 0.